The lowest BCUT2D eigenvalue weighted by Crippen LogP contribution is -2.43. The number of halogens is 3. The Morgan fingerprint density at radius 3 is 2.32 bits per heavy atom. The van der Waals surface area contributed by atoms with E-state index in [1.807, 2.05) is 0 Å². The number of alkyl halides is 3. The topological polar surface area (TPSA) is 44.8 Å². The third-order valence-corrected chi connectivity index (χ3v) is 4.18. The van der Waals surface area contributed by atoms with Crippen LogP contribution in [0.3, 0.4) is 0 Å². The summed E-state index contributed by atoms with van der Waals surface area (Å²) in [6.45, 7) is 2.05. The molecule has 0 heterocycles. The van der Waals surface area contributed by atoms with Crippen LogP contribution in [0.5, 0.6) is 0 Å². The first kappa shape index (κ1) is 19.2. The lowest BCUT2D eigenvalue weighted by molar-refractivity contribution is -0.231. The molecule has 22 heavy (non-hydrogen) atoms. The van der Waals surface area contributed by atoms with Crippen molar-refractivity contribution in [1.29, 1.82) is 0 Å². The highest BCUT2D eigenvalue weighted by Crippen LogP contribution is 2.41. The van der Waals surface area contributed by atoms with Crippen molar-refractivity contribution in [3.05, 3.63) is 0 Å². The molecule has 1 unspecified atom stereocenters. The Balaban J connectivity index is 2.16. The number of esters is 1. The molecule has 0 aromatic heterocycles. The van der Waals surface area contributed by atoms with Gasteiger partial charge in [0.1, 0.15) is 13.4 Å². The Hall–Kier alpha value is -0.820. The van der Waals surface area contributed by atoms with E-state index in [0.29, 0.717) is 0 Å². The minimum Gasteiger partial charge on any atom is -0.463 e. The van der Waals surface area contributed by atoms with Gasteiger partial charge in [0.15, 0.2) is 5.41 Å². The highest BCUT2D eigenvalue weighted by atomic mass is 19.4. The molecule has 1 saturated carbocycles. The Labute approximate surface area is 129 Å². The second kappa shape index (κ2) is 8.72. The first-order valence-electron chi connectivity index (χ1n) is 7.74. The van der Waals surface area contributed by atoms with E-state index in [4.69, 9.17) is 9.47 Å². The maximum absolute atomic E-state index is 12.8. The summed E-state index contributed by atoms with van der Waals surface area (Å²) in [7, 11) is 0. The SMILES string of the molecule is CCC(C)(C(=O)OCCOCOC1CCCCC1)C(F)(F)F. The number of hydrogen-bond donors (Lipinski definition) is 0. The minimum atomic E-state index is -4.62. The van der Waals surface area contributed by atoms with Gasteiger partial charge in [-0.2, -0.15) is 13.2 Å². The summed E-state index contributed by atoms with van der Waals surface area (Å²) in [5.74, 6) is -1.26. The molecule has 0 aliphatic heterocycles. The van der Waals surface area contributed by atoms with Gasteiger partial charge in [0, 0.05) is 0 Å². The predicted octanol–water partition coefficient (Wildman–Crippen LogP) is 3.83. The van der Waals surface area contributed by atoms with E-state index in [0.717, 1.165) is 32.6 Å². The van der Waals surface area contributed by atoms with Crippen LogP contribution in [0.15, 0.2) is 0 Å². The van der Waals surface area contributed by atoms with Gasteiger partial charge in [0.2, 0.25) is 0 Å². The van der Waals surface area contributed by atoms with Crippen molar-refractivity contribution in [2.45, 2.75) is 64.7 Å². The van der Waals surface area contributed by atoms with E-state index < -0.39 is 17.6 Å². The zero-order valence-electron chi connectivity index (χ0n) is 13.2. The van der Waals surface area contributed by atoms with Crippen LogP contribution in [0, 0.1) is 5.41 Å². The van der Waals surface area contributed by atoms with Gasteiger partial charge in [-0.1, -0.05) is 26.2 Å². The van der Waals surface area contributed by atoms with Gasteiger partial charge in [-0.3, -0.25) is 4.79 Å². The summed E-state index contributed by atoms with van der Waals surface area (Å²) in [5, 5.41) is 0. The summed E-state index contributed by atoms with van der Waals surface area (Å²) < 4.78 is 53.8. The average molecular weight is 326 g/mol. The van der Waals surface area contributed by atoms with Crippen LogP contribution in [0.1, 0.15) is 52.4 Å². The zero-order valence-corrected chi connectivity index (χ0v) is 13.2. The lowest BCUT2D eigenvalue weighted by Gasteiger charge is -2.28. The van der Waals surface area contributed by atoms with Crippen LogP contribution in [0.4, 0.5) is 13.2 Å². The number of hydrogen-bond acceptors (Lipinski definition) is 4. The molecule has 130 valence electrons. The minimum absolute atomic E-state index is 0.0239. The molecule has 1 aliphatic carbocycles. The summed E-state index contributed by atoms with van der Waals surface area (Å²) in [4.78, 5) is 11.6. The Morgan fingerprint density at radius 1 is 1.14 bits per heavy atom. The van der Waals surface area contributed by atoms with Gasteiger partial charge in [-0.05, 0) is 26.2 Å². The number of rotatable bonds is 8. The van der Waals surface area contributed by atoms with Crippen molar-refractivity contribution >= 4 is 5.97 Å². The standard InChI is InChI=1S/C15H25F3O4/c1-3-14(2,15(16,17)18)13(19)21-10-9-20-11-22-12-7-5-4-6-8-12/h12H,3-11H2,1-2H3. The van der Waals surface area contributed by atoms with Crippen LogP contribution in [0.25, 0.3) is 0 Å². The average Bonchev–Trinajstić information content (AvgIpc) is 2.49. The number of ether oxygens (including phenoxy) is 3. The Bertz CT molecular complexity index is 340. The number of carbonyl (C=O) groups excluding carboxylic acids is 1. The van der Waals surface area contributed by atoms with Gasteiger partial charge >= 0.3 is 12.1 Å². The molecule has 0 aromatic rings. The molecule has 1 fully saturated rings. The smallest absolute Gasteiger partial charge is 0.404 e. The van der Waals surface area contributed by atoms with E-state index in [1.54, 1.807) is 0 Å². The third-order valence-electron chi connectivity index (χ3n) is 4.18. The van der Waals surface area contributed by atoms with Crippen LogP contribution in [-0.4, -0.2) is 38.3 Å². The maximum Gasteiger partial charge on any atom is 0.404 e. The zero-order chi connectivity index (χ0) is 16.6. The quantitative estimate of drug-likeness (QED) is 0.386. The van der Waals surface area contributed by atoms with Gasteiger partial charge < -0.3 is 14.2 Å². The molecule has 0 amide bonds. The van der Waals surface area contributed by atoms with Crippen molar-refractivity contribution < 1.29 is 32.2 Å². The molecular formula is C15H25F3O4. The largest absolute Gasteiger partial charge is 0.463 e. The summed E-state index contributed by atoms with van der Waals surface area (Å²) >= 11 is 0. The van der Waals surface area contributed by atoms with Gasteiger partial charge in [-0.15, -0.1) is 0 Å². The predicted molar refractivity (Wildman–Crippen MR) is 74.2 cm³/mol. The van der Waals surface area contributed by atoms with Crippen molar-refractivity contribution in [1.82, 2.24) is 0 Å². The highest BCUT2D eigenvalue weighted by Gasteiger charge is 2.56. The number of carbonyl (C=O) groups is 1. The van der Waals surface area contributed by atoms with Crippen LogP contribution in [0.2, 0.25) is 0 Å². The van der Waals surface area contributed by atoms with Crippen molar-refractivity contribution in [2.24, 2.45) is 5.41 Å². The molecule has 1 atom stereocenters. The van der Waals surface area contributed by atoms with E-state index >= 15 is 0 Å². The van der Waals surface area contributed by atoms with Crippen molar-refractivity contribution in [2.75, 3.05) is 20.0 Å². The van der Waals surface area contributed by atoms with E-state index in [9.17, 15) is 18.0 Å². The molecule has 0 spiro atoms. The fourth-order valence-electron chi connectivity index (χ4n) is 2.25. The fraction of sp³-hybridized carbons (Fsp3) is 0.933. The van der Waals surface area contributed by atoms with Gasteiger partial charge in [0.25, 0.3) is 0 Å². The van der Waals surface area contributed by atoms with Crippen LogP contribution in [-0.2, 0) is 19.0 Å². The fourth-order valence-corrected chi connectivity index (χ4v) is 2.25. The molecule has 0 N–H and O–H groups in total. The van der Waals surface area contributed by atoms with Gasteiger partial charge in [-0.25, -0.2) is 0 Å². The van der Waals surface area contributed by atoms with Gasteiger partial charge in [0.05, 0.1) is 12.7 Å². The first-order valence-corrected chi connectivity index (χ1v) is 7.74. The molecule has 0 bridgehead atoms. The first-order chi connectivity index (χ1) is 10.3. The molecule has 0 radical (unpaired) electrons. The molecule has 7 heteroatoms. The Morgan fingerprint density at radius 2 is 1.77 bits per heavy atom. The molecular weight excluding hydrogens is 301 g/mol. The molecule has 4 nitrogen and oxygen atoms in total. The highest BCUT2D eigenvalue weighted by molar-refractivity contribution is 5.77. The van der Waals surface area contributed by atoms with E-state index in [2.05, 4.69) is 4.74 Å². The lowest BCUT2D eigenvalue weighted by atomic mass is 9.87. The van der Waals surface area contributed by atoms with E-state index in [1.165, 1.54) is 13.3 Å². The summed E-state index contributed by atoms with van der Waals surface area (Å²) in [6, 6.07) is 0. The van der Waals surface area contributed by atoms with Crippen molar-refractivity contribution in [3.63, 3.8) is 0 Å². The van der Waals surface area contributed by atoms with Crippen LogP contribution >= 0.6 is 0 Å². The third kappa shape index (κ3) is 5.43. The Kier molecular flexibility index (Phi) is 7.62. The van der Waals surface area contributed by atoms with Crippen LogP contribution < -0.4 is 0 Å². The molecule has 0 aromatic carbocycles. The summed E-state index contributed by atoms with van der Waals surface area (Å²) in [6.07, 6.45) is 0.767. The van der Waals surface area contributed by atoms with Crippen molar-refractivity contribution in [3.8, 4) is 0 Å². The maximum atomic E-state index is 12.8. The normalized spacial score (nSPS) is 19.7. The molecule has 1 rings (SSSR count). The second-order valence-electron chi connectivity index (χ2n) is 5.77. The molecule has 1 aliphatic rings. The van der Waals surface area contributed by atoms with E-state index in [-0.39, 0.29) is 32.5 Å². The summed E-state index contributed by atoms with van der Waals surface area (Å²) in [5.41, 5.74) is -2.47. The monoisotopic (exact) mass is 326 g/mol. The molecule has 0 saturated heterocycles. The second-order valence-corrected chi connectivity index (χ2v) is 5.77.